The summed E-state index contributed by atoms with van der Waals surface area (Å²) in [5.74, 6) is -0.582. The van der Waals surface area contributed by atoms with Gasteiger partial charge in [0.15, 0.2) is 0 Å². The molecule has 0 aliphatic carbocycles. The lowest BCUT2D eigenvalue weighted by Gasteiger charge is -2.14. The van der Waals surface area contributed by atoms with Gasteiger partial charge in [-0.2, -0.15) is 5.10 Å². The third-order valence-electron chi connectivity index (χ3n) is 3.64. The highest BCUT2D eigenvalue weighted by Crippen LogP contribution is 2.18. The number of nitrogens with zero attached hydrogens (tertiary/aromatic N) is 2. The van der Waals surface area contributed by atoms with Crippen LogP contribution >= 0.6 is 0 Å². The number of aliphatic hydroxyl groups is 1. The number of benzene rings is 1. The van der Waals surface area contributed by atoms with Gasteiger partial charge in [-0.3, -0.25) is 4.79 Å². The molecule has 2 N–H and O–H groups in total. The van der Waals surface area contributed by atoms with Gasteiger partial charge in [-0.05, 0) is 44.5 Å². The molecule has 0 spiro atoms. The van der Waals surface area contributed by atoms with E-state index >= 15 is 0 Å². The average Bonchev–Trinajstić information content (AvgIpc) is 2.80. The maximum atomic E-state index is 13.0. The van der Waals surface area contributed by atoms with Gasteiger partial charge in [0.1, 0.15) is 5.82 Å². The molecule has 1 atom stereocenters. The lowest BCUT2D eigenvalue weighted by Crippen LogP contribution is -2.37. The molecule has 22 heavy (non-hydrogen) atoms. The van der Waals surface area contributed by atoms with Crippen LogP contribution in [0.2, 0.25) is 0 Å². The quantitative estimate of drug-likeness (QED) is 0.889. The van der Waals surface area contributed by atoms with E-state index in [1.54, 1.807) is 30.7 Å². The second-order valence-electron chi connectivity index (χ2n) is 5.20. The number of hydrogen-bond acceptors (Lipinski definition) is 3. The third kappa shape index (κ3) is 3.17. The molecule has 1 aromatic heterocycles. The topological polar surface area (TPSA) is 67.2 Å². The first-order valence-corrected chi connectivity index (χ1v) is 7.21. The van der Waals surface area contributed by atoms with Crippen molar-refractivity contribution in [3.63, 3.8) is 0 Å². The molecule has 0 bridgehead atoms. The number of nitrogens with one attached hydrogen (secondary N) is 1. The summed E-state index contributed by atoms with van der Waals surface area (Å²) < 4.78 is 14.6. The summed E-state index contributed by atoms with van der Waals surface area (Å²) in [6, 6.07) is 5.65. The monoisotopic (exact) mass is 305 g/mol. The number of amides is 1. The SMILES string of the molecule is CCC(CO)NC(=O)c1c(C)nn(-c2ccc(F)cc2)c1C. The number of aromatic nitrogens is 2. The van der Waals surface area contributed by atoms with Gasteiger partial charge in [0.2, 0.25) is 0 Å². The minimum atomic E-state index is -0.322. The zero-order valence-corrected chi connectivity index (χ0v) is 12.9. The van der Waals surface area contributed by atoms with Gasteiger partial charge >= 0.3 is 0 Å². The third-order valence-corrected chi connectivity index (χ3v) is 3.64. The van der Waals surface area contributed by atoms with E-state index in [0.717, 1.165) is 0 Å². The minimum Gasteiger partial charge on any atom is -0.394 e. The predicted octanol–water partition coefficient (Wildman–Crippen LogP) is 2.13. The first-order valence-electron chi connectivity index (χ1n) is 7.21. The standard InChI is InChI=1S/C16H20FN3O2/c1-4-13(9-21)18-16(22)15-10(2)19-20(11(15)3)14-7-5-12(17)6-8-14/h5-8,13,21H,4,9H2,1-3H3,(H,18,22). The van der Waals surface area contributed by atoms with Gasteiger partial charge in [0.25, 0.3) is 5.91 Å². The Balaban J connectivity index is 2.34. The normalized spacial score (nSPS) is 12.2. The van der Waals surface area contributed by atoms with Crippen molar-refractivity contribution in [1.29, 1.82) is 0 Å². The molecular weight excluding hydrogens is 285 g/mol. The highest BCUT2D eigenvalue weighted by molar-refractivity contribution is 5.96. The zero-order chi connectivity index (χ0) is 16.3. The molecule has 2 aromatic rings. The molecule has 0 radical (unpaired) electrons. The van der Waals surface area contributed by atoms with E-state index in [2.05, 4.69) is 10.4 Å². The Bertz CT molecular complexity index is 661. The Hall–Kier alpha value is -2.21. The van der Waals surface area contributed by atoms with E-state index in [9.17, 15) is 14.3 Å². The van der Waals surface area contributed by atoms with Crippen LogP contribution in [-0.4, -0.2) is 33.4 Å². The smallest absolute Gasteiger partial charge is 0.255 e. The molecule has 5 nitrogen and oxygen atoms in total. The van der Waals surface area contributed by atoms with Gasteiger partial charge in [-0.15, -0.1) is 0 Å². The van der Waals surface area contributed by atoms with Gasteiger partial charge in [-0.1, -0.05) is 6.92 Å². The predicted molar refractivity (Wildman–Crippen MR) is 81.6 cm³/mol. The number of aryl methyl sites for hydroxylation is 1. The molecule has 0 aliphatic rings. The number of carbonyl (C=O) groups is 1. The van der Waals surface area contributed by atoms with Crippen molar-refractivity contribution in [2.75, 3.05) is 6.61 Å². The maximum Gasteiger partial charge on any atom is 0.255 e. The Morgan fingerprint density at radius 1 is 1.36 bits per heavy atom. The van der Waals surface area contributed by atoms with Crippen LogP contribution in [0.25, 0.3) is 5.69 Å². The Kier molecular flexibility index (Phi) is 4.92. The minimum absolute atomic E-state index is 0.105. The van der Waals surface area contributed by atoms with Crippen LogP contribution in [0.3, 0.4) is 0 Å². The molecule has 0 saturated heterocycles. The van der Waals surface area contributed by atoms with Crippen LogP contribution in [0.4, 0.5) is 4.39 Å². The van der Waals surface area contributed by atoms with E-state index in [1.807, 2.05) is 6.92 Å². The van der Waals surface area contributed by atoms with E-state index in [-0.39, 0.29) is 24.4 Å². The molecule has 1 unspecified atom stereocenters. The second kappa shape index (κ2) is 6.70. The van der Waals surface area contributed by atoms with Crippen molar-refractivity contribution in [3.8, 4) is 5.69 Å². The van der Waals surface area contributed by atoms with Crippen molar-refractivity contribution >= 4 is 5.91 Å². The van der Waals surface area contributed by atoms with Crippen molar-refractivity contribution in [3.05, 3.63) is 47.0 Å². The summed E-state index contributed by atoms with van der Waals surface area (Å²) in [4.78, 5) is 12.4. The van der Waals surface area contributed by atoms with Crippen molar-refractivity contribution in [2.24, 2.45) is 0 Å². The summed E-state index contributed by atoms with van der Waals surface area (Å²) in [6.45, 7) is 5.33. The fraction of sp³-hybridized carbons (Fsp3) is 0.375. The molecule has 0 fully saturated rings. The first-order chi connectivity index (χ1) is 10.5. The fourth-order valence-corrected chi connectivity index (χ4v) is 2.34. The van der Waals surface area contributed by atoms with Crippen LogP contribution in [0, 0.1) is 19.7 Å². The van der Waals surface area contributed by atoms with Crippen molar-refractivity contribution in [2.45, 2.75) is 33.2 Å². The van der Waals surface area contributed by atoms with Gasteiger partial charge in [-0.25, -0.2) is 9.07 Å². The first kappa shape index (κ1) is 16.2. The van der Waals surface area contributed by atoms with E-state index in [0.29, 0.717) is 29.1 Å². The lowest BCUT2D eigenvalue weighted by molar-refractivity contribution is 0.0913. The second-order valence-corrected chi connectivity index (χ2v) is 5.20. The summed E-state index contributed by atoms with van der Waals surface area (Å²) in [5.41, 5.74) is 2.44. The summed E-state index contributed by atoms with van der Waals surface area (Å²) in [6.07, 6.45) is 0.645. The summed E-state index contributed by atoms with van der Waals surface area (Å²) >= 11 is 0. The molecule has 1 aromatic carbocycles. The van der Waals surface area contributed by atoms with Crippen LogP contribution in [-0.2, 0) is 0 Å². The van der Waals surface area contributed by atoms with Crippen molar-refractivity contribution in [1.82, 2.24) is 15.1 Å². The fourth-order valence-electron chi connectivity index (χ4n) is 2.34. The van der Waals surface area contributed by atoms with Crippen LogP contribution in [0.1, 0.15) is 35.1 Å². The van der Waals surface area contributed by atoms with E-state index < -0.39 is 0 Å². The highest BCUT2D eigenvalue weighted by atomic mass is 19.1. The number of aliphatic hydroxyl groups excluding tert-OH is 1. The summed E-state index contributed by atoms with van der Waals surface area (Å²) in [5, 5.41) is 16.3. The zero-order valence-electron chi connectivity index (χ0n) is 12.9. The van der Waals surface area contributed by atoms with Crippen molar-refractivity contribution < 1.29 is 14.3 Å². The van der Waals surface area contributed by atoms with Gasteiger partial charge in [0.05, 0.1) is 35.3 Å². The van der Waals surface area contributed by atoms with E-state index in [4.69, 9.17) is 0 Å². The Morgan fingerprint density at radius 3 is 2.55 bits per heavy atom. The summed E-state index contributed by atoms with van der Waals surface area (Å²) in [7, 11) is 0. The van der Waals surface area contributed by atoms with Crippen LogP contribution in [0.15, 0.2) is 24.3 Å². The van der Waals surface area contributed by atoms with Crippen LogP contribution < -0.4 is 5.32 Å². The molecule has 6 heteroatoms. The average molecular weight is 305 g/mol. The lowest BCUT2D eigenvalue weighted by atomic mass is 10.1. The molecule has 1 heterocycles. The highest BCUT2D eigenvalue weighted by Gasteiger charge is 2.21. The van der Waals surface area contributed by atoms with Gasteiger partial charge in [0, 0.05) is 0 Å². The number of halogens is 1. The maximum absolute atomic E-state index is 13.0. The number of rotatable bonds is 5. The Morgan fingerprint density at radius 2 is 2.00 bits per heavy atom. The molecule has 0 aliphatic heterocycles. The molecular formula is C16H20FN3O2. The molecule has 118 valence electrons. The van der Waals surface area contributed by atoms with E-state index in [1.165, 1.54) is 12.1 Å². The molecule has 2 rings (SSSR count). The van der Waals surface area contributed by atoms with Gasteiger partial charge < -0.3 is 10.4 Å². The number of carbonyl (C=O) groups excluding carboxylic acids is 1. The van der Waals surface area contributed by atoms with Crippen LogP contribution in [0.5, 0.6) is 0 Å². The molecule has 0 saturated carbocycles. The number of hydrogen-bond donors (Lipinski definition) is 2. The molecule has 1 amide bonds. The largest absolute Gasteiger partial charge is 0.394 e. The Labute approximate surface area is 128 Å².